The number of imidazole rings is 1. The Morgan fingerprint density at radius 1 is 1.03 bits per heavy atom. The Morgan fingerprint density at radius 3 is 2.60 bits per heavy atom. The highest BCUT2D eigenvalue weighted by Gasteiger charge is 2.15. The van der Waals surface area contributed by atoms with E-state index < -0.39 is 0 Å². The smallest absolute Gasteiger partial charge is 0.273 e. The number of ketones is 1. The molecule has 35 heavy (non-hydrogen) atoms. The van der Waals surface area contributed by atoms with Crippen LogP contribution in [0.15, 0.2) is 61.1 Å². The van der Waals surface area contributed by atoms with Crippen LogP contribution >= 0.6 is 0 Å². The van der Waals surface area contributed by atoms with Crippen LogP contribution in [-0.4, -0.2) is 41.2 Å². The maximum atomic E-state index is 13.2. The minimum absolute atomic E-state index is 0.153. The molecule has 0 aliphatic rings. The molecule has 3 aromatic heterocycles. The van der Waals surface area contributed by atoms with Crippen molar-refractivity contribution < 1.29 is 9.59 Å². The van der Waals surface area contributed by atoms with E-state index in [2.05, 4.69) is 25.6 Å². The Bertz CT molecular complexity index is 1600. The predicted octanol–water partition coefficient (Wildman–Crippen LogP) is 3.99. The number of hydrogen-bond donors (Lipinski definition) is 2. The predicted molar refractivity (Wildman–Crippen MR) is 134 cm³/mol. The summed E-state index contributed by atoms with van der Waals surface area (Å²) in [7, 11) is 3.63. The van der Waals surface area contributed by atoms with Gasteiger partial charge in [-0.25, -0.2) is 4.98 Å². The largest absolute Gasteiger partial charge is 0.340 e. The fourth-order valence-corrected chi connectivity index (χ4v) is 3.92. The van der Waals surface area contributed by atoms with E-state index in [0.29, 0.717) is 22.5 Å². The minimum atomic E-state index is -0.289. The van der Waals surface area contributed by atoms with Crippen molar-refractivity contribution in [2.75, 3.05) is 5.32 Å². The summed E-state index contributed by atoms with van der Waals surface area (Å²) >= 11 is 0. The van der Waals surface area contributed by atoms with E-state index in [4.69, 9.17) is 0 Å². The highest BCUT2D eigenvalue weighted by molar-refractivity contribution is 6.12. The molecule has 9 heteroatoms. The van der Waals surface area contributed by atoms with Gasteiger partial charge in [0, 0.05) is 42.5 Å². The SMILES string of the molecule is Cc1cc(C(=O)Nc2cccc(C(=O)c3ccc4c(C=Cc5cn(C)cn5)n[nH]c4c3)c2)n(C)n1. The fourth-order valence-electron chi connectivity index (χ4n) is 3.92. The van der Waals surface area contributed by atoms with Crippen LogP contribution in [0.25, 0.3) is 23.1 Å². The number of hydrogen-bond acceptors (Lipinski definition) is 5. The number of nitrogens with one attached hydrogen (secondary N) is 2. The first-order chi connectivity index (χ1) is 16.9. The van der Waals surface area contributed by atoms with Gasteiger partial charge in [0.25, 0.3) is 5.91 Å². The number of benzene rings is 2. The van der Waals surface area contributed by atoms with Crippen LogP contribution < -0.4 is 5.32 Å². The molecular weight excluding hydrogens is 442 g/mol. The maximum absolute atomic E-state index is 13.2. The topological polar surface area (TPSA) is 110 Å². The number of rotatable bonds is 6. The van der Waals surface area contributed by atoms with Gasteiger partial charge in [-0.1, -0.05) is 18.2 Å². The lowest BCUT2D eigenvalue weighted by Crippen LogP contribution is -2.16. The van der Waals surface area contributed by atoms with Crippen molar-refractivity contribution in [1.29, 1.82) is 0 Å². The molecule has 1 amide bonds. The molecule has 0 atom stereocenters. The van der Waals surface area contributed by atoms with Crippen LogP contribution in [0.2, 0.25) is 0 Å². The Hall–Kier alpha value is -4.79. The van der Waals surface area contributed by atoms with Crippen LogP contribution in [0.1, 0.15) is 43.5 Å². The van der Waals surface area contributed by atoms with Crippen LogP contribution in [0.5, 0.6) is 0 Å². The molecule has 0 radical (unpaired) electrons. The zero-order chi connectivity index (χ0) is 24.5. The molecule has 0 saturated carbocycles. The van der Waals surface area contributed by atoms with E-state index in [-0.39, 0.29) is 11.7 Å². The lowest BCUT2D eigenvalue weighted by Gasteiger charge is -2.08. The number of aromatic nitrogens is 6. The monoisotopic (exact) mass is 465 g/mol. The third-order valence-electron chi connectivity index (χ3n) is 5.61. The Labute approximate surface area is 201 Å². The number of aryl methyl sites for hydroxylation is 3. The highest BCUT2D eigenvalue weighted by Crippen LogP contribution is 2.22. The average Bonchev–Trinajstić information content (AvgIpc) is 3.54. The van der Waals surface area contributed by atoms with E-state index in [1.807, 2.05) is 43.0 Å². The van der Waals surface area contributed by atoms with Crippen molar-refractivity contribution in [3.8, 4) is 0 Å². The van der Waals surface area contributed by atoms with Gasteiger partial charge in [0.1, 0.15) is 5.69 Å². The molecule has 0 aliphatic heterocycles. The third kappa shape index (κ3) is 4.51. The number of fused-ring (bicyclic) bond motifs is 1. The summed E-state index contributed by atoms with van der Waals surface area (Å²) in [6.45, 7) is 1.83. The molecular formula is C26H23N7O2. The summed E-state index contributed by atoms with van der Waals surface area (Å²) in [5.41, 5.74) is 5.07. The van der Waals surface area contributed by atoms with Crippen molar-refractivity contribution in [2.45, 2.75) is 6.92 Å². The standard InChI is InChI=1S/C26H23N7O2/c1-16-11-24(33(3)31-16)26(35)28-19-6-4-5-17(12-19)25(34)18-7-9-21-22(29-30-23(21)13-18)10-8-20-14-32(2)15-27-20/h4-15H,1-3H3,(H,28,35)(H,29,30). The van der Waals surface area contributed by atoms with Crippen molar-refractivity contribution in [2.24, 2.45) is 14.1 Å². The maximum Gasteiger partial charge on any atom is 0.273 e. The molecule has 2 N–H and O–H groups in total. The number of nitrogens with zero attached hydrogens (tertiary/aromatic N) is 5. The van der Waals surface area contributed by atoms with E-state index in [0.717, 1.165) is 28.0 Å². The van der Waals surface area contributed by atoms with Gasteiger partial charge in [0.2, 0.25) is 0 Å². The van der Waals surface area contributed by atoms with Gasteiger partial charge < -0.3 is 9.88 Å². The molecule has 0 fully saturated rings. The molecule has 5 rings (SSSR count). The first kappa shape index (κ1) is 22.0. The Kier molecular flexibility index (Phi) is 5.58. The number of amides is 1. The summed E-state index contributed by atoms with van der Waals surface area (Å²) in [4.78, 5) is 30.1. The van der Waals surface area contributed by atoms with Gasteiger partial charge in [-0.3, -0.25) is 19.4 Å². The summed E-state index contributed by atoms with van der Waals surface area (Å²) in [5, 5.41) is 15.3. The molecule has 2 aromatic carbocycles. The zero-order valence-corrected chi connectivity index (χ0v) is 19.5. The van der Waals surface area contributed by atoms with Crippen molar-refractivity contribution in [3.05, 3.63) is 95.0 Å². The van der Waals surface area contributed by atoms with Crippen LogP contribution in [-0.2, 0) is 14.1 Å². The summed E-state index contributed by atoms with van der Waals surface area (Å²) in [6, 6.07) is 14.0. The second-order valence-electron chi connectivity index (χ2n) is 8.33. The van der Waals surface area contributed by atoms with Crippen LogP contribution in [0.4, 0.5) is 5.69 Å². The first-order valence-electron chi connectivity index (χ1n) is 11.0. The number of anilines is 1. The minimum Gasteiger partial charge on any atom is -0.340 e. The van der Waals surface area contributed by atoms with Gasteiger partial charge >= 0.3 is 0 Å². The van der Waals surface area contributed by atoms with Crippen LogP contribution in [0, 0.1) is 6.92 Å². The van der Waals surface area contributed by atoms with Crippen LogP contribution in [0.3, 0.4) is 0 Å². The number of carbonyl (C=O) groups is 2. The van der Waals surface area contributed by atoms with Crippen molar-refractivity contribution >= 4 is 40.4 Å². The number of carbonyl (C=O) groups excluding carboxylic acids is 2. The van der Waals surface area contributed by atoms with E-state index in [1.54, 1.807) is 55.8 Å². The number of aromatic amines is 1. The highest BCUT2D eigenvalue weighted by atomic mass is 16.2. The molecule has 0 saturated heterocycles. The Morgan fingerprint density at radius 2 is 1.86 bits per heavy atom. The van der Waals surface area contributed by atoms with Gasteiger partial charge in [-0.2, -0.15) is 10.2 Å². The quantitative estimate of drug-likeness (QED) is 0.369. The normalized spacial score (nSPS) is 11.4. The third-order valence-corrected chi connectivity index (χ3v) is 5.61. The summed E-state index contributed by atoms with van der Waals surface area (Å²) < 4.78 is 3.40. The second kappa shape index (κ2) is 8.86. The second-order valence-corrected chi connectivity index (χ2v) is 8.33. The molecule has 0 bridgehead atoms. The fraction of sp³-hybridized carbons (Fsp3) is 0.115. The van der Waals surface area contributed by atoms with Gasteiger partial charge in [0.05, 0.1) is 28.9 Å². The molecule has 9 nitrogen and oxygen atoms in total. The summed E-state index contributed by atoms with van der Waals surface area (Å²) in [5.74, 6) is -0.442. The van der Waals surface area contributed by atoms with Crippen molar-refractivity contribution in [3.63, 3.8) is 0 Å². The number of H-pyrrole nitrogens is 1. The van der Waals surface area contributed by atoms with Gasteiger partial charge in [-0.05, 0) is 49.4 Å². The molecule has 0 unspecified atom stereocenters. The van der Waals surface area contributed by atoms with Crippen molar-refractivity contribution in [1.82, 2.24) is 29.5 Å². The van der Waals surface area contributed by atoms with Gasteiger partial charge in [0.15, 0.2) is 5.78 Å². The van der Waals surface area contributed by atoms with E-state index >= 15 is 0 Å². The van der Waals surface area contributed by atoms with E-state index in [1.165, 1.54) is 4.68 Å². The molecule has 3 heterocycles. The molecule has 0 aliphatic carbocycles. The lowest BCUT2D eigenvalue weighted by molar-refractivity contribution is 0.101. The average molecular weight is 466 g/mol. The summed E-state index contributed by atoms with van der Waals surface area (Å²) in [6.07, 6.45) is 7.43. The lowest BCUT2D eigenvalue weighted by atomic mass is 10.0. The van der Waals surface area contributed by atoms with E-state index in [9.17, 15) is 9.59 Å². The van der Waals surface area contributed by atoms with Gasteiger partial charge in [-0.15, -0.1) is 0 Å². The zero-order valence-electron chi connectivity index (χ0n) is 19.5. The molecule has 174 valence electrons. The molecule has 0 spiro atoms. The molecule has 5 aromatic rings. The first-order valence-corrected chi connectivity index (χ1v) is 11.0. The Balaban J connectivity index is 1.36.